The molecule has 0 aliphatic heterocycles. The minimum atomic E-state index is -2.94. The van der Waals surface area contributed by atoms with Crippen molar-refractivity contribution in [3.05, 3.63) is 35.9 Å². The second-order valence-corrected chi connectivity index (χ2v) is 8.35. The maximum absolute atomic E-state index is 11.7. The average molecular weight is 272 g/mol. The van der Waals surface area contributed by atoms with Gasteiger partial charge in [0.2, 0.25) is 8.87 Å². The van der Waals surface area contributed by atoms with Crippen LogP contribution in [0.4, 0.5) is 0 Å². The lowest BCUT2D eigenvalue weighted by Gasteiger charge is -2.03. The van der Waals surface area contributed by atoms with Gasteiger partial charge in [0.15, 0.2) is 0 Å². The molecule has 2 nitrogen and oxygen atoms in total. The molecule has 0 heterocycles. The minimum absolute atomic E-state index is 0.310. The van der Waals surface area contributed by atoms with Gasteiger partial charge in [-0.05, 0) is 22.8 Å². The Hall–Kier alpha value is -0.480. The van der Waals surface area contributed by atoms with Gasteiger partial charge in [0, 0.05) is 5.75 Å². The molecule has 0 radical (unpaired) electrons. The van der Waals surface area contributed by atoms with Gasteiger partial charge in [-0.15, -0.1) is 0 Å². The Morgan fingerprint density at radius 2 is 1.76 bits per heavy atom. The van der Waals surface area contributed by atoms with Crippen LogP contribution in [0.3, 0.4) is 0 Å². The second kappa shape index (κ2) is 7.77. The first-order chi connectivity index (χ1) is 8.14. The van der Waals surface area contributed by atoms with Crippen molar-refractivity contribution in [1.29, 1.82) is 0 Å². The van der Waals surface area contributed by atoms with E-state index in [1.54, 1.807) is 0 Å². The number of hydrogen-bond donors (Lipinski definition) is 0. The summed E-state index contributed by atoms with van der Waals surface area (Å²) in [6.45, 7) is 2.12. The van der Waals surface area contributed by atoms with Crippen LogP contribution < -0.4 is 0 Å². The highest BCUT2D eigenvalue weighted by Gasteiger charge is 2.11. The fraction of sp³-hybridized carbons (Fsp3) is 0.538. The van der Waals surface area contributed by atoms with Crippen molar-refractivity contribution in [2.75, 3.05) is 5.75 Å². The first kappa shape index (κ1) is 14.6. The lowest BCUT2D eigenvalue weighted by Crippen LogP contribution is -2.01. The zero-order chi connectivity index (χ0) is 12.6. The quantitative estimate of drug-likeness (QED) is 0.533. The standard InChI is InChI=1S/C13H20O2S2/c1-2-3-4-8-11-17(14,15)16-12-13-9-6-5-7-10-13/h5-7,9-10H,2-4,8,11-12H2,1H3. The SMILES string of the molecule is CCCCCCS(=O)(=O)SCc1ccccc1. The number of rotatable bonds is 8. The van der Waals surface area contributed by atoms with Crippen LogP contribution >= 0.6 is 10.8 Å². The van der Waals surface area contributed by atoms with Crippen LogP contribution in [0.5, 0.6) is 0 Å². The summed E-state index contributed by atoms with van der Waals surface area (Å²) >= 11 is 0. The van der Waals surface area contributed by atoms with Gasteiger partial charge in [0.25, 0.3) is 0 Å². The molecule has 96 valence electrons. The number of benzene rings is 1. The molecule has 0 spiro atoms. The molecule has 0 N–H and O–H groups in total. The van der Waals surface area contributed by atoms with Gasteiger partial charge >= 0.3 is 0 Å². The zero-order valence-electron chi connectivity index (χ0n) is 10.3. The summed E-state index contributed by atoms with van der Waals surface area (Å²) in [5.41, 5.74) is 1.06. The highest BCUT2D eigenvalue weighted by molar-refractivity contribution is 8.71. The minimum Gasteiger partial charge on any atom is -0.217 e. The molecule has 0 atom stereocenters. The molecule has 0 saturated heterocycles. The largest absolute Gasteiger partial charge is 0.217 e. The van der Waals surface area contributed by atoms with Crippen LogP contribution in [0.1, 0.15) is 38.2 Å². The molecular formula is C13H20O2S2. The number of unbranched alkanes of at least 4 members (excludes halogenated alkanes) is 3. The topological polar surface area (TPSA) is 34.1 Å². The van der Waals surface area contributed by atoms with E-state index in [9.17, 15) is 8.42 Å². The van der Waals surface area contributed by atoms with E-state index in [4.69, 9.17) is 0 Å². The summed E-state index contributed by atoms with van der Waals surface area (Å²) in [5, 5.41) is 0. The van der Waals surface area contributed by atoms with Gasteiger partial charge in [-0.3, -0.25) is 0 Å². The normalized spacial score (nSPS) is 11.6. The van der Waals surface area contributed by atoms with Gasteiger partial charge in [-0.1, -0.05) is 56.5 Å². The summed E-state index contributed by atoms with van der Waals surface area (Å²) in [7, 11) is -1.88. The van der Waals surface area contributed by atoms with E-state index in [2.05, 4.69) is 6.92 Å². The molecule has 0 unspecified atom stereocenters. The molecule has 0 saturated carbocycles. The molecule has 1 aromatic carbocycles. The van der Waals surface area contributed by atoms with Crippen LogP contribution in [0, 0.1) is 0 Å². The highest BCUT2D eigenvalue weighted by atomic mass is 33.1. The third-order valence-corrected chi connectivity index (χ3v) is 6.03. The Bertz CT molecular complexity index is 399. The lowest BCUT2D eigenvalue weighted by atomic mass is 10.2. The van der Waals surface area contributed by atoms with Gasteiger partial charge in [-0.2, -0.15) is 0 Å². The maximum atomic E-state index is 11.7. The van der Waals surface area contributed by atoms with E-state index in [0.29, 0.717) is 11.5 Å². The third kappa shape index (κ3) is 6.74. The first-order valence-corrected chi connectivity index (χ1v) is 9.20. The summed E-state index contributed by atoms with van der Waals surface area (Å²) in [5.74, 6) is 0.863. The van der Waals surface area contributed by atoms with E-state index in [1.165, 1.54) is 0 Å². The van der Waals surface area contributed by atoms with Crippen LogP contribution in [0.15, 0.2) is 30.3 Å². The average Bonchev–Trinajstić information content (AvgIpc) is 2.34. The van der Waals surface area contributed by atoms with Gasteiger partial charge in [0.1, 0.15) is 0 Å². The van der Waals surface area contributed by atoms with Crippen LogP contribution in [0.25, 0.3) is 0 Å². The van der Waals surface area contributed by atoms with Gasteiger partial charge < -0.3 is 0 Å². The van der Waals surface area contributed by atoms with Crippen molar-refractivity contribution in [1.82, 2.24) is 0 Å². The van der Waals surface area contributed by atoms with Gasteiger partial charge in [0.05, 0.1) is 5.75 Å². The van der Waals surface area contributed by atoms with E-state index in [1.807, 2.05) is 30.3 Å². The molecule has 0 aliphatic carbocycles. The maximum Gasteiger partial charge on any atom is 0.201 e. The van der Waals surface area contributed by atoms with Crippen molar-refractivity contribution in [2.45, 2.75) is 38.4 Å². The molecule has 0 aliphatic rings. The molecule has 0 amide bonds. The van der Waals surface area contributed by atoms with Crippen molar-refractivity contribution in [3.63, 3.8) is 0 Å². The van der Waals surface area contributed by atoms with E-state index < -0.39 is 8.87 Å². The molecule has 17 heavy (non-hydrogen) atoms. The fourth-order valence-corrected chi connectivity index (χ4v) is 4.33. The molecule has 1 aromatic rings. The first-order valence-electron chi connectivity index (χ1n) is 6.05. The molecular weight excluding hydrogens is 252 g/mol. The summed E-state index contributed by atoms with van der Waals surface area (Å²) in [6, 6.07) is 9.72. The number of hydrogen-bond acceptors (Lipinski definition) is 3. The van der Waals surface area contributed by atoms with Crippen molar-refractivity contribution in [2.24, 2.45) is 0 Å². The Labute approximate surface area is 108 Å². The molecule has 0 fully saturated rings. The van der Waals surface area contributed by atoms with Crippen LogP contribution in [-0.2, 0) is 14.6 Å². The van der Waals surface area contributed by atoms with Crippen molar-refractivity contribution in [3.8, 4) is 0 Å². The summed E-state index contributed by atoms with van der Waals surface area (Å²) in [4.78, 5) is 0. The summed E-state index contributed by atoms with van der Waals surface area (Å²) in [6.07, 6.45) is 4.07. The van der Waals surface area contributed by atoms with Gasteiger partial charge in [-0.25, -0.2) is 8.42 Å². The predicted octanol–water partition coefficient (Wildman–Crippen LogP) is 3.83. The van der Waals surface area contributed by atoms with Crippen molar-refractivity contribution >= 4 is 19.7 Å². The monoisotopic (exact) mass is 272 g/mol. The Kier molecular flexibility index (Phi) is 6.66. The lowest BCUT2D eigenvalue weighted by molar-refractivity contribution is 0.603. The Balaban J connectivity index is 2.30. The second-order valence-electron chi connectivity index (χ2n) is 4.07. The van der Waals surface area contributed by atoms with Crippen LogP contribution in [-0.4, -0.2) is 14.2 Å². The molecule has 1 rings (SSSR count). The van der Waals surface area contributed by atoms with Crippen molar-refractivity contribution < 1.29 is 8.42 Å². The summed E-state index contributed by atoms with van der Waals surface area (Å²) < 4.78 is 23.5. The van der Waals surface area contributed by atoms with E-state index >= 15 is 0 Å². The molecule has 4 heteroatoms. The fourth-order valence-electron chi connectivity index (χ4n) is 1.50. The Morgan fingerprint density at radius 3 is 2.41 bits per heavy atom. The van der Waals surface area contributed by atoms with E-state index in [-0.39, 0.29) is 0 Å². The van der Waals surface area contributed by atoms with Crippen LogP contribution in [0.2, 0.25) is 0 Å². The van der Waals surface area contributed by atoms with E-state index in [0.717, 1.165) is 42.0 Å². The Morgan fingerprint density at radius 1 is 1.06 bits per heavy atom. The highest BCUT2D eigenvalue weighted by Crippen LogP contribution is 2.20. The third-order valence-electron chi connectivity index (χ3n) is 2.50. The molecule has 0 bridgehead atoms. The smallest absolute Gasteiger partial charge is 0.201 e. The molecule has 0 aromatic heterocycles. The zero-order valence-corrected chi connectivity index (χ0v) is 11.9. The predicted molar refractivity (Wildman–Crippen MR) is 75.7 cm³/mol.